The number of aliphatic hydroxyl groups is 1. The fraction of sp³-hybridized carbons (Fsp3) is 0.710. The van der Waals surface area contributed by atoms with Crippen LogP contribution in [0.25, 0.3) is 0 Å². The third-order valence-electron chi connectivity index (χ3n) is 11.6. The zero-order chi connectivity index (χ0) is 26.0. The molecule has 0 spiro atoms. The van der Waals surface area contributed by atoms with E-state index in [2.05, 4.69) is 41.6 Å². The van der Waals surface area contributed by atoms with Gasteiger partial charge in [-0.25, -0.2) is 4.98 Å². The van der Waals surface area contributed by atoms with Gasteiger partial charge in [0.15, 0.2) is 5.78 Å². The van der Waals surface area contributed by atoms with E-state index in [1.165, 1.54) is 0 Å². The zero-order valence-corrected chi connectivity index (χ0v) is 22.8. The molecule has 1 saturated heterocycles. The smallest absolute Gasteiger partial charge is 0.179 e. The summed E-state index contributed by atoms with van der Waals surface area (Å²) in [5.41, 5.74) is -0.0632. The lowest BCUT2D eigenvalue weighted by molar-refractivity contribution is -0.160. The quantitative estimate of drug-likeness (QED) is 0.616. The van der Waals surface area contributed by atoms with E-state index in [1.807, 2.05) is 24.4 Å². The van der Waals surface area contributed by atoms with E-state index >= 15 is 0 Å². The van der Waals surface area contributed by atoms with Crippen LogP contribution in [0.15, 0.2) is 36.0 Å². The van der Waals surface area contributed by atoms with Gasteiger partial charge in [-0.1, -0.05) is 38.5 Å². The monoisotopic (exact) mass is 505 g/mol. The van der Waals surface area contributed by atoms with E-state index in [4.69, 9.17) is 0 Å². The van der Waals surface area contributed by atoms with Crippen LogP contribution in [0, 0.1) is 34.5 Å². The molecule has 1 aromatic heterocycles. The number of allylic oxidation sites excluding steroid dienone is 2. The van der Waals surface area contributed by atoms with Gasteiger partial charge in [0, 0.05) is 50.6 Å². The van der Waals surface area contributed by atoms with Crippen molar-refractivity contribution in [1.29, 1.82) is 0 Å². The highest BCUT2D eigenvalue weighted by molar-refractivity contribution is 5.91. The second-order valence-electron chi connectivity index (χ2n) is 13.2. The number of nitrogens with zero attached hydrogens (tertiary/aromatic N) is 3. The lowest BCUT2D eigenvalue weighted by Gasteiger charge is -2.56. The molecule has 6 nitrogen and oxygen atoms in total. The van der Waals surface area contributed by atoms with Gasteiger partial charge in [-0.05, 0) is 73.3 Å². The summed E-state index contributed by atoms with van der Waals surface area (Å²) in [4.78, 5) is 35.1. The summed E-state index contributed by atoms with van der Waals surface area (Å²) < 4.78 is 0. The summed E-state index contributed by atoms with van der Waals surface area (Å²) in [6, 6.07) is 5.98. The van der Waals surface area contributed by atoms with Crippen molar-refractivity contribution in [3.8, 4) is 0 Å². The Hall–Kier alpha value is -2.05. The van der Waals surface area contributed by atoms with Crippen LogP contribution in [0.3, 0.4) is 0 Å². The predicted octanol–water partition coefficient (Wildman–Crippen LogP) is 4.28. The number of anilines is 1. The summed E-state index contributed by atoms with van der Waals surface area (Å²) >= 11 is 0. The summed E-state index contributed by atoms with van der Waals surface area (Å²) in [6.45, 7) is 10.3. The molecule has 37 heavy (non-hydrogen) atoms. The molecule has 1 aliphatic heterocycles. The molecule has 0 aromatic carbocycles. The lowest BCUT2D eigenvalue weighted by Crippen LogP contribution is -2.60. The van der Waals surface area contributed by atoms with Crippen molar-refractivity contribution in [3.05, 3.63) is 36.0 Å². The number of rotatable bonds is 4. The number of hydrogen-bond acceptors (Lipinski definition) is 6. The Morgan fingerprint density at radius 2 is 1.95 bits per heavy atom. The van der Waals surface area contributed by atoms with Gasteiger partial charge < -0.3 is 10.0 Å². The van der Waals surface area contributed by atoms with Crippen molar-refractivity contribution >= 4 is 17.4 Å². The van der Waals surface area contributed by atoms with Crippen molar-refractivity contribution in [2.24, 2.45) is 34.5 Å². The summed E-state index contributed by atoms with van der Waals surface area (Å²) in [7, 11) is 0. The van der Waals surface area contributed by atoms with Gasteiger partial charge >= 0.3 is 0 Å². The first kappa shape index (κ1) is 25.2. The number of hydrogen-bond donors (Lipinski definition) is 1. The van der Waals surface area contributed by atoms with Crippen LogP contribution in [-0.4, -0.2) is 64.9 Å². The highest BCUT2D eigenvalue weighted by atomic mass is 16.3. The first-order chi connectivity index (χ1) is 17.7. The van der Waals surface area contributed by atoms with Crippen LogP contribution >= 0.6 is 0 Å². The maximum atomic E-state index is 14.0. The van der Waals surface area contributed by atoms with Crippen molar-refractivity contribution < 1.29 is 14.7 Å². The Labute approximate surface area is 221 Å². The molecule has 7 atom stereocenters. The molecule has 6 heteroatoms. The van der Waals surface area contributed by atoms with Crippen molar-refractivity contribution in [2.45, 2.75) is 71.3 Å². The largest absolute Gasteiger partial charge is 0.381 e. The number of Topliss-reactive ketones (excluding diaryl/α,β-unsaturated/α-hetero) is 2. The number of carbonyl (C=O) groups is 2. The Balaban J connectivity index is 1.19. The van der Waals surface area contributed by atoms with E-state index < -0.39 is 11.0 Å². The molecule has 4 aliphatic carbocycles. The Kier molecular flexibility index (Phi) is 6.15. The average molecular weight is 506 g/mol. The fourth-order valence-corrected chi connectivity index (χ4v) is 9.26. The second-order valence-corrected chi connectivity index (χ2v) is 13.2. The number of ketones is 2. The predicted molar refractivity (Wildman–Crippen MR) is 144 cm³/mol. The van der Waals surface area contributed by atoms with Crippen LogP contribution in [0.4, 0.5) is 5.82 Å². The topological polar surface area (TPSA) is 73.7 Å². The SMILES string of the molecule is C[C@H]1C[C@H]2[C@@H]3CC[C@H]4CC(=O)CC[C@]4(C)C3=CC[C@]2(C)[C@@]1(O)C(=O)CN1CCN(c2ccccn2)CC1. The molecule has 0 radical (unpaired) electrons. The summed E-state index contributed by atoms with van der Waals surface area (Å²) in [5, 5.41) is 12.3. The third kappa shape index (κ3) is 3.76. The number of carbonyl (C=O) groups excluding carboxylic acids is 2. The molecule has 3 saturated carbocycles. The van der Waals surface area contributed by atoms with E-state index in [0.717, 1.165) is 70.5 Å². The van der Waals surface area contributed by atoms with Crippen molar-refractivity contribution in [1.82, 2.24) is 9.88 Å². The molecular formula is C31H43N3O3. The second kappa shape index (κ2) is 9.01. The molecule has 2 heterocycles. The first-order valence-corrected chi connectivity index (χ1v) is 14.5. The minimum absolute atomic E-state index is 0.0105. The molecule has 4 fully saturated rings. The van der Waals surface area contributed by atoms with Gasteiger partial charge in [0.25, 0.3) is 0 Å². The van der Waals surface area contributed by atoms with Crippen LogP contribution in [-0.2, 0) is 9.59 Å². The molecule has 1 aromatic rings. The van der Waals surface area contributed by atoms with E-state index in [9.17, 15) is 14.7 Å². The van der Waals surface area contributed by atoms with Crippen molar-refractivity contribution in [2.75, 3.05) is 37.6 Å². The Morgan fingerprint density at radius 3 is 2.68 bits per heavy atom. The van der Waals surface area contributed by atoms with Crippen molar-refractivity contribution in [3.63, 3.8) is 0 Å². The Morgan fingerprint density at radius 1 is 1.16 bits per heavy atom. The summed E-state index contributed by atoms with van der Waals surface area (Å²) in [6.07, 6.45) is 10.5. The number of fused-ring (bicyclic) bond motifs is 5. The number of piperazine rings is 1. The number of pyridine rings is 1. The van der Waals surface area contributed by atoms with E-state index in [0.29, 0.717) is 36.5 Å². The minimum Gasteiger partial charge on any atom is -0.381 e. The van der Waals surface area contributed by atoms with Gasteiger partial charge in [0.05, 0.1) is 6.54 Å². The molecular weight excluding hydrogens is 462 g/mol. The van der Waals surface area contributed by atoms with Gasteiger partial charge in [0.1, 0.15) is 17.2 Å². The van der Waals surface area contributed by atoms with E-state index in [-0.39, 0.29) is 17.1 Å². The molecule has 0 unspecified atom stereocenters. The van der Waals surface area contributed by atoms with Gasteiger partial charge in [-0.2, -0.15) is 0 Å². The molecule has 0 amide bonds. The maximum absolute atomic E-state index is 14.0. The molecule has 0 bridgehead atoms. The molecule has 1 N–H and O–H groups in total. The minimum atomic E-state index is -1.29. The van der Waals surface area contributed by atoms with Gasteiger partial charge in [-0.3, -0.25) is 14.5 Å². The van der Waals surface area contributed by atoms with E-state index in [1.54, 1.807) is 5.57 Å². The molecule has 5 aliphatic rings. The van der Waals surface area contributed by atoms with Gasteiger partial charge in [-0.15, -0.1) is 0 Å². The number of aromatic nitrogens is 1. The molecule has 6 rings (SSSR count). The lowest BCUT2D eigenvalue weighted by atomic mass is 9.48. The van der Waals surface area contributed by atoms with Gasteiger partial charge in [0.2, 0.25) is 0 Å². The zero-order valence-electron chi connectivity index (χ0n) is 22.8. The fourth-order valence-electron chi connectivity index (χ4n) is 9.26. The maximum Gasteiger partial charge on any atom is 0.179 e. The summed E-state index contributed by atoms with van der Waals surface area (Å²) in [5.74, 6) is 2.60. The first-order valence-electron chi connectivity index (χ1n) is 14.5. The Bertz CT molecular complexity index is 1100. The highest BCUT2D eigenvalue weighted by Gasteiger charge is 2.67. The normalized spacial score (nSPS) is 42.0. The highest BCUT2D eigenvalue weighted by Crippen LogP contribution is 2.67. The standard InChI is InChI=1S/C31H43N3O3/c1-21-18-26-24-8-7-22-19-23(35)9-11-29(22,2)25(24)10-12-30(26,3)31(21,37)27(36)20-33-14-16-34(17-15-33)28-6-4-5-13-32-28/h4-6,10,13,21-22,24,26,37H,7-9,11-12,14-20H2,1-3H3/t21-,22-,24+,26-,29-,30-,31-/m0/s1. The van der Waals surface area contributed by atoms with Crippen LogP contribution in [0.1, 0.15) is 65.7 Å². The average Bonchev–Trinajstić information content (AvgIpc) is 3.11. The third-order valence-corrected chi connectivity index (χ3v) is 11.6. The molecule has 200 valence electrons. The van der Waals surface area contributed by atoms with Crippen LogP contribution in [0.5, 0.6) is 0 Å². The van der Waals surface area contributed by atoms with Crippen LogP contribution < -0.4 is 4.90 Å². The van der Waals surface area contributed by atoms with Crippen LogP contribution in [0.2, 0.25) is 0 Å².